The van der Waals surface area contributed by atoms with Crippen molar-refractivity contribution in [1.82, 2.24) is 15.1 Å². The van der Waals surface area contributed by atoms with Crippen LogP contribution in [0.15, 0.2) is 48.5 Å². The average molecular weight is 457 g/mol. The molecule has 0 saturated heterocycles. The van der Waals surface area contributed by atoms with Gasteiger partial charge in [-0.05, 0) is 61.2 Å². The maximum atomic E-state index is 13.4. The van der Waals surface area contributed by atoms with Gasteiger partial charge in [-0.1, -0.05) is 12.1 Å². The first-order valence-electron chi connectivity index (χ1n) is 10.4. The first-order chi connectivity index (χ1) is 15.2. The second-order valence-corrected chi connectivity index (χ2v) is 9.95. The molecule has 3 aromatic rings. The van der Waals surface area contributed by atoms with Crippen LogP contribution in [0.2, 0.25) is 0 Å². The van der Waals surface area contributed by atoms with Gasteiger partial charge in [0.05, 0.1) is 17.6 Å². The molecule has 9 heteroatoms. The van der Waals surface area contributed by atoms with Crippen LogP contribution in [0.25, 0.3) is 11.3 Å². The van der Waals surface area contributed by atoms with Crippen LogP contribution in [0, 0.1) is 5.82 Å². The van der Waals surface area contributed by atoms with Crippen molar-refractivity contribution in [2.75, 3.05) is 30.7 Å². The lowest BCUT2D eigenvalue weighted by Gasteiger charge is -2.19. The Balaban J connectivity index is 1.34. The molecule has 1 amide bonds. The summed E-state index contributed by atoms with van der Waals surface area (Å²) in [6, 6.07) is 13.4. The van der Waals surface area contributed by atoms with Gasteiger partial charge in [0.1, 0.15) is 5.82 Å². The number of carbonyl (C=O) groups is 1. The van der Waals surface area contributed by atoms with Crippen LogP contribution in [-0.4, -0.2) is 55.8 Å². The monoisotopic (exact) mass is 456 g/mol. The maximum absolute atomic E-state index is 13.4. The quantitative estimate of drug-likeness (QED) is 0.591. The Bertz CT molecular complexity index is 1260. The zero-order valence-electron chi connectivity index (χ0n) is 18.0. The number of benzene rings is 2. The van der Waals surface area contributed by atoms with Gasteiger partial charge in [0.25, 0.3) is 5.91 Å². The summed E-state index contributed by atoms with van der Waals surface area (Å²) in [4.78, 5) is 14.5. The van der Waals surface area contributed by atoms with Gasteiger partial charge in [0.2, 0.25) is 10.0 Å². The van der Waals surface area contributed by atoms with Gasteiger partial charge < -0.3 is 4.90 Å². The third kappa shape index (κ3) is 4.67. The highest BCUT2D eigenvalue weighted by molar-refractivity contribution is 7.92. The van der Waals surface area contributed by atoms with Gasteiger partial charge in [-0.2, -0.15) is 5.10 Å². The van der Waals surface area contributed by atoms with Crippen LogP contribution in [0.1, 0.15) is 28.0 Å². The molecule has 2 aromatic carbocycles. The second kappa shape index (κ2) is 8.74. The minimum atomic E-state index is -3.31. The lowest BCUT2D eigenvalue weighted by atomic mass is 10.1. The first-order valence-corrected chi connectivity index (χ1v) is 12.2. The molecule has 0 saturated carbocycles. The molecular weight excluding hydrogens is 431 g/mol. The maximum Gasteiger partial charge on any atom is 0.253 e. The van der Waals surface area contributed by atoms with Crippen molar-refractivity contribution < 1.29 is 17.6 Å². The van der Waals surface area contributed by atoms with E-state index in [0.29, 0.717) is 48.4 Å². The number of amides is 1. The smallest absolute Gasteiger partial charge is 0.253 e. The normalized spacial score (nSPS) is 13.3. The summed E-state index contributed by atoms with van der Waals surface area (Å²) in [5.74, 6) is -0.404. The van der Waals surface area contributed by atoms with Gasteiger partial charge >= 0.3 is 0 Å². The molecule has 7 nitrogen and oxygen atoms in total. The molecule has 0 aliphatic carbocycles. The first kappa shape index (κ1) is 22.0. The zero-order chi connectivity index (χ0) is 22.9. The summed E-state index contributed by atoms with van der Waals surface area (Å²) in [5, 5.41) is 7.22. The fourth-order valence-corrected chi connectivity index (χ4v) is 4.92. The van der Waals surface area contributed by atoms with Gasteiger partial charge in [0.15, 0.2) is 0 Å². The molecule has 0 radical (unpaired) electrons. The molecule has 1 aliphatic heterocycles. The standard InChI is InChI=1S/C23H25FN4O3S/c1-27(11-4-7-20-15-21(26-25-20)16-5-3-6-19(24)14-16)23(29)18-8-9-22-17(13-18)10-12-28(22)32(2,30)31/h3,5-6,8-9,13-15H,4,7,10-12H2,1-2H3,(H,25,26). The highest BCUT2D eigenvalue weighted by atomic mass is 32.2. The summed E-state index contributed by atoms with van der Waals surface area (Å²) in [6.45, 7) is 0.961. The minimum Gasteiger partial charge on any atom is -0.342 e. The van der Waals surface area contributed by atoms with Crippen LogP contribution in [0.3, 0.4) is 0 Å². The fraction of sp³-hybridized carbons (Fsp3) is 0.304. The Morgan fingerprint density at radius 3 is 2.78 bits per heavy atom. The highest BCUT2D eigenvalue weighted by Gasteiger charge is 2.27. The lowest BCUT2D eigenvalue weighted by molar-refractivity contribution is 0.0793. The van der Waals surface area contributed by atoms with Crippen molar-refractivity contribution in [3.63, 3.8) is 0 Å². The Hall–Kier alpha value is -3.20. The van der Waals surface area contributed by atoms with E-state index in [1.54, 1.807) is 42.3 Å². The van der Waals surface area contributed by atoms with Crippen LogP contribution < -0.4 is 4.31 Å². The molecule has 0 fully saturated rings. The number of anilines is 1. The number of fused-ring (bicyclic) bond motifs is 1. The van der Waals surface area contributed by atoms with E-state index in [1.807, 2.05) is 6.07 Å². The van der Waals surface area contributed by atoms with Gasteiger partial charge in [-0.3, -0.25) is 14.2 Å². The number of aromatic amines is 1. The second-order valence-electron chi connectivity index (χ2n) is 8.05. The van der Waals surface area contributed by atoms with Crippen molar-refractivity contribution >= 4 is 21.6 Å². The number of nitrogens with zero attached hydrogens (tertiary/aromatic N) is 3. The highest BCUT2D eigenvalue weighted by Crippen LogP contribution is 2.31. The number of sulfonamides is 1. The molecule has 1 aromatic heterocycles. The topological polar surface area (TPSA) is 86.4 Å². The number of nitrogens with one attached hydrogen (secondary N) is 1. The molecule has 1 N–H and O–H groups in total. The molecule has 4 rings (SSSR count). The minimum absolute atomic E-state index is 0.101. The number of hydrogen-bond donors (Lipinski definition) is 1. The number of halogens is 1. The average Bonchev–Trinajstić information content (AvgIpc) is 3.39. The Labute approximate surface area is 186 Å². The number of carbonyl (C=O) groups excluding carboxylic acids is 1. The molecular formula is C23H25FN4O3S. The Morgan fingerprint density at radius 2 is 2.03 bits per heavy atom. The third-order valence-electron chi connectivity index (χ3n) is 5.62. The number of rotatable bonds is 7. The summed E-state index contributed by atoms with van der Waals surface area (Å²) >= 11 is 0. The number of H-pyrrole nitrogens is 1. The zero-order valence-corrected chi connectivity index (χ0v) is 18.8. The SMILES string of the molecule is CN(CCCc1cc(-c2cccc(F)c2)n[nH]1)C(=O)c1ccc2c(c1)CCN2S(C)(=O)=O. The van der Waals surface area contributed by atoms with E-state index in [-0.39, 0.29) is 11.7 Å². The van der Waals surface area contributed by atoms with Crippen LogP contribution in [0.5, 0.6) is 0 Å². The van der Waals surface area contributed by atoms with Crippen LogP contribution in [0.4, 0.5) is 10.1 Å². The molecule has 2 heterocycles. The van der Waals surface area contributed by atoms with Gasteiger partial charge in [-0.15, -0.1) is 0 Å². The number of aryl methyl sites for hydroxylation is 1. The van der Waals surface area contributed by atoms with Crippen LogP contribution >= 0.6 is 0 Å². The van der Waals surface area contributed by atoms with Crippen molar-refractivity contribution in [2.24, 2.45) is 0 Å². The molecule has 32 heavy (non-hydrogen) atoms. The van der Waals surface area contributed by atoms with Crippen molar-refractivity contribution in [2.45, 2.75) is 19.3 Å². The molecule has 0 unspecified atom stereocenters. The van der Waals surface area contributed by atoms with E-state index < -0.39 is 10.0 Å². The molecule has 168 valence electrons. The summed E-state index contributed by atoms with van der Waals surface area (Å²) in [5.41, 5.74) is 4.40. The van der Waals surface area contributed by atoms with E-state index in [2.05, 4.69) is 10.2 Å². The fourth-order valence-electron chi connectivity index (χ4n) is 3.96. The number of aromatic nitrogens is 2. The van der Waals surface area contributed by atoms with E-state index in [9.17, 15) is 17.6 Å². The molecule has 0 atom stereocenters. The Kier molecular flexibility index (Phi) is 6.01. The third-order valence-corrected chi connectivity index (χ3v) is 6.80. The van der Waals surface area contributed by atoms with E-state index in [4.69, 9.17) is 0 Å². The van der Waals surface area contributed by atoms with E-state index in [0.717, 1.165) is 17.7 Å². The Morgan fingerprint density at radius 1 is 1.22 bits per heavy atom. The van der Waals surface area contributed by atoms with E-state index >= 15 is 0 Å². The van der Waals surface area contributed by atoms with Gasteiger partial charge in [-0.25, -0.2) is 12.8 Å². The lowest BCUT2D eigenvalue weighted by Crippen LogP contribution is -2.28. The number of hydrogen-bond acceptors (Lipinski definition) is 4. The molecule has 1 aliphatic rings. The van der Waals surface area contributed by atoms with Crippen molar-refractivity contribution in [3.8, 4) is 11.3 Å². The van der Waals surface area contributed by atoms with E-state index in [1.165, 1.54) is 22.7 Å². The van der Waals surface area contributed by atoms with Gasteiger partial charge in [0, 0.05) is 37.0 Å². The summed E-state index contributed by atoms with van der Waals surface area (Å²) in [7, 11) is -1.56. The molecule has 0 bridgehead atoms. The summed E-state index contributed by atoms with van der Waals surface area (Å²) < 4.78 is 38.5. The predicted molar refractivity (Wildman–Crippen MR) is 122 cm³/mol. The van der Waals surface area contributed by atoms with Crippen LogP contribution in [-0.2, 0) is 22.9 Å². The summed E-state index contributed by atoms with van der Waals surface area (Å²) in [6.07, 6.45) is 3.23. The molecule has 0 spiro atoms. The predicted octanol–water partition coefficient (Wildman–Crippen LogP) is 3.24. The van der Waals surface area contributed by atoms with Crippen molar-refractivity contribution in [1.29, 1.82) is 0 Å². The largest absolute Gasteiger partial charge is 0.342 e. The van der Waals surface area contributed by atoms with Crippen molar-refractivity contribution in [3.05, 3.63) is 71.2 Å².